The van der Waals surface area contributed by atoms with Crippen LogP contribution in [-0.2, 0) is 0 Å². The topological polar surface area (TPSA) is 61.9 Å². The fourth-order valence-corrected chi connectivity index (χ4v) is 5.93. The maximum atomic E-state index is 12.9. The van der Waals surface area contributed by atoms with E-state index in [1.807, 2.05) is 57.3 Å². The van der Waals surface area contributed by atoms with Crippen molar-refractivity contribution in [2.75, 3.05) is 37.8 Å². The predicted molar refractivity (Wildman–Crippen MR) is 113 cm³/mol. The maximum Gasteiger partial charge on any atom is 0.321 e. The lowest BCUT2D eigenvalue weighted by Gasteiger charge is -2.43. The molecule has 4 rings (SSSR count). The van der Waals surface area contributed by atoms with Gasteiger partial charge in [0.05, 0.1) is 16.9 Å². The molecule has 8 heteroatoms. The fraction of sp³-hybridized carbons (Fsp3) is 0.400. The van der Waals surface area contributed by atoms with Gasteiger partial charge in [-0.15, -0.1) is 23.1 Å². The lowest BCUT2D eigenvalue weighted by molar-refractivity contribution is 0.0590. The van der Waals surface area contributed by atoms with Crippen molar-refractivity contribution in [3.63, 3.8) is 0 Å². The number of ether oxygens (including phenoxy) is 1. The van der Waals surface area contributed by atoms with E-state index in [9.17, 15) is 9.59 Å². The number of urea groups is 1. The summed E-state index contributed by atoms with van der Waals surface area (Å²) in [4.78, 5) is 30.0. The summed E-state index contributed by atoms with van der Waals surface area (Å²) < 4.78 is 5.21. The van der Waals surface area contributed by atoms with Crippen molar-refractivity contribution < 1.29 is 14.3 Å². The molecular formula is C20H23N3O3S2. The van der Waals surface area contributed by atoms with Crippen molar-refractivity contribution >= 4 is 40.7 Å². The Kier molecular flexibility index (Phi) is 5.50. The first kappa shape index (κ1) is 19.1. The van der Waals surface area contributed by atoms with Crippen LogP contribution >= 0.6 is 23.1 Å². The highest BCUT2D eigenvalue weighted by Crippen LogP contribution is 2.44. The van der Waals surface area contributed by atoms with Gasteiger partial charge in [0.1, 0.15) is 5.75 Å². The molecule has 1 spiro atoms. The SMILES string of the molecule is COc1cccc(NC(=O)N2CCC3(CC2)SCCN3C(=O)c2cccs2)c1. The summed E-state index contributed by atoms with van der Waals surface area (Å²) in [5.74, 6) is 1.78. The molecule has 0 radical (unpaired) electrons. The molecule has 0 aliphatic carbocycles. The first-order valence-electron chi connectivity index (χ1n) is 9.31. The van der Waals surface area contributed by atoms with E-state index in [4.69, 9.17) is 4.74 Å². The molecule has 0 atom stereocenters. The first-order chi connectivity index (χ1) is 13.6. The Hall–Kier alpha value is -2.19. The third-order valence-corrected chi connectivity index (χ3v) is 7.72. The number of thioether (sulfide) groups is 1. The molecule has 0 unspecified atom stereocenters. The number of carbonyl (C=O) groups excluding carboxylic acids is 2. The van der Waals surface area contributed by atoms with E-state index >= 15 is 0 Å². The van der Waals surface area contributed by atoms with Crippen LogP contribution in [0.1, 0.15) is 22.5 Å². The molecule has 2 fully saturated rings. The number of carbonyl (C=O) groups is 2. The standard InChI is InChI=1S/C20H23N3O3S2/c1-26-16-5-2-4-15(14-16)21-19(25)22-9-7-20(8-10-22)23(11-13-28-20)18(24)17-6-3-12-27-17/h2-6,12,14H,7-11,13H2,1H3,(H,21,25). The second-order valence-electron chi connectivity index (χ2n) is 6.88. The zero-order chi connectivity index (χ0) is 19.6. The van der Waals surface area contributed by atoms with E-state index in [0.29, 0.717) is 18.8 Å². The number of hydrogen-bond donors (Lipinski definition) is 1. The van der Waals surface area contributed by atoms with Gasteiger partial charge in [0.15, 0.2) is 0 Å². The van der Waals surface area contributed by atoms with Crippen LogP contribution < -0.4 is 10.1 Å². The quantitative estimate of drug-likeness (QED) is 0.821. The van der Waals surface area contributed by atoms with Crippen molar-refractivity contribution in [2.24, 2.45) is 0 Å². The first-order valence-corrected chi connectivity index (χ1v) is 11.2. The van der Waals surface area contributed by atoms with Gasteiger partial charge < -0.3 is 19.9 Å². The number of rotatable bonds is 3. The number of benzene rings is 1. The molecule has 6 nitrogen and oxygen atoms in total. The average molecular weight is 418 g/mol. The molecular weight excluding hydrogens is 394 g/mol. The average Bonchev–Trinajstić information content (AvgIpc) is 3.39. The molecule has 148 valence electrons. The van der Waals surface area contributed by atoms with Crippen LogP contribution in [0.15, 0.2) is 41.8 Å². The number of piperidine rings is 1. The smallest absolute Gasteiger partial charge is 0.321 e. The van der Waals surface area contributed by atoms with Gasteiger partial charge in [-0.3, -0.25) is 4.79 Å². The minimum Gasteiger partial charge on any atom is -0.497 e. The molecule has 2 aromatic rings. The minimum atomic E-state index is -0.187. The Morgan fingerprint density at radius 3 is 2.68 bits per heavy atom. The number of amides is 3. The van der Waals surface area contributed by atoms with Crippen LogP contribution in [0.5, 0.6) is 5.75 Å². The normalized spacial score (nSPS) is 18.3. The summed E-state index contributed by atoms with van der Waals surface area (Å²) in [6, 6.07) is 11.0. The highest BCUT2D eigenvalue weighted by atomic mass is 32.2. The number of anilines is 1. The van der Waals surface area contributed by atoms with E-state index in [-0.39, 0.29) is 16.8 Å². The Morgan fingerprint density at radius 2 is 1.96 bits per heavy atom. The van der Waals surface area contributed by atoms with Crippen molar-refractivity contribution in [1.29, 1.82) is 0 Å². The zero-order valence-electron chi connectivity index (χ0n) is 15.7. The Labute approximate surface area is 172 Å². The van der Waals surface area contributed by atoms with Crippen LogP contribution in [0.3, 0.4) is 0 Å². The summed E-state index contributed by atoms with van der Waals surface area (Å²) in [6.07, 6.45) is 1.58. The van der Waals surface area contributed by atoms with Crippen LogP contribution in [0.25, 0.3) is 0 Å². The van der Waals surface area contributed by atoms with E-state index in [1.54, 1.807) is 13.2 Å². The molecule has 3 amide bonds. The largest absolute Gasteiger partial charge is 0.497 e. The molecule has 2 saturated heterocycles. The van der Waals surface area contributed by atoms with Crippen molar-refractivity contribution in [3.05, 3.63) is 46.7 Å². The third-order valence-electron chi connectivity index (χ3n) is 5.31. The van der Waals surface area contributed by atoms with E-state index in [0.717, 1.165) is 35.7 Å². The number of nitrogens with one attached hydrogen (secondary N) is 1. The van der Waals surface area contributed by atoms with E-state index in [2.05, 4.69) is 5.32 Å². The van der Waals surface area contributed by atoms with Gasteiger partial charge in [-0.25, -0.2) is 4.79 Å². The number of likely N-dealkylation sites (tertiary alicyclic amines) is 1. The third kappa shape index (κ3) is 3.71. The van der Waals surface area contributed by atoms with Gasteiger partial charge in [-0.2, -0.15) is 0 Å². The molecule has 3 heterocycles. The van der Waals surface area contributed by atoms with Crippen molar-refractivity contribution in [2.45, 2.75) is 17.7 Å². The number of nitrogens with zero attached hydrogens (tertiary/aromatic N) is 2. The molecule has 2 aliphatic heterocycles. The molecule has 1 aromatic heterocycles. The van der Waals surface area contributed by atoms with Crippen LogP contribution in [0.2, 0.25) is 0 Å². The predicted octanol–water partition coefficient (Wildman–Crippen LogP) is 3.97. The Bertz CT molecular complexity index is 848. The van der Waals surface area contributed by atoms with Crippen LogP contribution in [0, 0.1) is 0 Å². The monoisotopic (exact) mass is 417 g/mol. The van der Waals surface area contributed by atoms with Gasteiger partial charge in [0.25, 0.3) is 5.91 Å². The zero-order valence-corrected chi connectivity index (χ0v) is 17.4. The highest BCUT2D eigenvalue weighted by molar-refractivity contribution is 8.00. The molecule has 0 bridgehead atoms. The van der Waals surface area contributed by atoms with Gasteiger partial charge >= 0.3 is 6.03 Å². The lowest BCUT2D eigenvalue weighted by Crippen LogP contribution is -2.54. The molecule has 2 aliphatic rings. The molecule has 0 saturated carbocycles. The van der Waals surface area contributed by atoms with Gasteiger partial charge in [0, 0.05) is 37.1 Å². The van der Waals surface area contributed by atoms with Crippen molar-refractivity contribution in [3.8, 4) is 5.75 Å². The summed E-state index contributed by atoms with van der Waals surface area (Å²) in [5.41, 5.74) is 0.717. The number of methoxy groups -OCH3 is 1. The second kappa shape index (κ2) is 8.05. The van der Waals surface area contributed by atoms with Crippen molar-refractivity contribution in [1.82, 2.24) is 9.80 Å². The van der Waals surface area contributed by atoms with Crippen LogP contribution in [-0.4, -0.2) is 59.1 Å². The highest BCUT2D eigenvalue weighted by Gasteiger charge is 2.47. The van der Waals surface area contributed by atoms with E-state index in [1.165, 1.54) is 11.3 Å². The second-order valence-corrected chi connectivity index (χ2v) is 9.28. The minimum absolute atomic E-state index is 0.109. The number of thiophene rings is 1. The van der Waals surface area contributed by atoms with Gasteiger partial charge in [-0.1, -0.05) is 12.1 Å². The Balaban J connectivity index is 1.39. The van der Waals surface area contributed by atoms with E-state index < -0.39 is 0 Å². The maximum absolute atomic E-state index is 12.9. The van der Waals surface area contributed by atoms with Gasteiger partial charge in [-0.05, 0) is 36.4 Å². The molecule has 1 aromatic carbocycles. The van der Waals surface area contributed by atoms with Crippen LogP contribution in [0.4, 0.5) is 10.5 Å². The summed E-state index contributed by atoms with van der Waals surface area (Å²) in [6.45, 7) is 2.05. The Morgan fingerprint density at radius 1 is 1.14 bits per heavy atom. The summed E-state index contributed by atoms with van der Waals surface area (Å²) >= 11 is 3.35. The summed E-state index contributed by atoms with van der Waals surface area (Å²) in [7, 11) is 1.60. The fourth-order valence-electron chi connectivity index (χ4n) is 3.81. The molecule has 1 N–H and O–H groups in total. The summed E-state index contributed by atoms with van der Waals surface area (Å²) in [5, 5.41) is 4.88. The molecule has 28 heavy (non-hydrogen) atoms. The lowest BCUT2D eigenvalue weighted by atomic mass is 10.0. The van der Waals surface area contributed by atoms with Gasteiger partial charge in [0.2, 0.25) is 0 Å². The number of hydrogen-bond acceptors (Lipinski definition) is 5.